The molecule has 27 heavy (non-hydrogen) atoms. The van der Waals surface area contributed by atoms with Gasteiger partial charge in [-0.25, -0.2) is 14.2 Å². The van der Waals surface area contributed by atoms with Crippen molar-refractivity contribution in [3.05, 3.63) is 72.4 Å². The molecule has 0 spiro atoms. The van der Waals surface area contributed by atoms with Gasteiger partial charge in [-0.2, -0.15) is 5.10 Å². The van der Waals surface area contributed by atoms with E-state index < -0.39 is 0 Å². The number of carbonyl (C=O) groups excluding carboxylic acids is 1. The molecule has 2 heterocycles. The molecular weight excluding hydrogens is 349 g/mol. The molecule has 0 aliphatic rings. The lowest BCUT2D eigenvalue weighted by Gasteiger charge is -2.08. The molecule has 0 fully saturated rings. The number of aromatic nitrogens is 3. The third-order valence-corrected chi connectivity index (χ3v) is 3.70. The first kappa shape index (κ1) is 18.4. The molecule has 0 saturated carbocycles. The number of nitrogens with zero attached hydrogens (tertiary/aromatic N) is 3. The summed E-state index contributed by atoms with van der Waals surface area (Å²) in [5, 5.41) is 9.67. The molecular formula is C19H20FN5O2. The van der Waals surface area contributed by atoms with Crippen molar-refractivity contribution in [1.29, 1.82) is 0 Å². The van der Waals surface area contributed by atoms with E-state index >= 15 is 0 Å². The number of urea groups is 1. The van der Waals surface area contributed by atoms with E-state index in [4.69, 9.17) is 4.74 Å². The fourth-order valence-electron chi connectivity index (χ4n) is 2.32. The molecule has 0 unspecified atom stereocenters. The van der Waals surface area contributed by atoms with Crippen LogP contribution in [0.1, 0.15) is 12.0 Å². The van der Waals surface area contributed by atoms with Crippen molar-refractivity contribution >= 4 is 6.03 Å². The number of aryl methyl sites for hydroxylation is 1. The highest BCUT2D eigenvalue weighted by Crippen LogP contribution is 2.19. The minimum Gasteiger partial charge on any atom is -0.439 e. The predicted octanol–water partition coefficient (Wildman–Crippen LogP) is 3.10. The number of nitrogens with one attached hydrogen (secondary N) is 2. The van der Waals surface area contributed by atoms with E-state index in [0.717, 1.165) is 18.5 Å². The second-order valence-electron chi connectivity index (χ2n) is 5.79. The lowest BCUT2D eigenvalue weighted by Crippen LogP contribution is -2.35. The van der Waals surface area contributed by atoms with Gasteiger partial charge < -0.3 is 15.4 Å². The van der Waals surface area contributed by atoms with Gasteiger partial charge in [0.15, 0.2) is 0 Å². The van der Waals surface area contributed by atoms with Crippen molar-refractivity contribution in [2.75, 3.05) is 6.54 Å². The maximum atomic E-state index is 12.9. The number of ether oxygens (including phenoxy) is 1. The van der Waals surface area contributed by atoms with Crippen molar-refractivity contribution < 1.29 is 13.9 Å². The maximum absolute atomic E-state index is 12.9. The summed E-state index contributed by atoms with van der Waals surface area (Å²) in [6, 6.07) is 10.8. The zero-order valence-electron chi connectivity index (χ0n) is 14.6. The zero-order valence-corrected chi connectivity index (χ0v) is 14.6. The number of pyridine rings is 1. The summed E-state index contributed by atoms with van der Waals surface area (Å²) >= 11 is 0. The Hall–Kier alpha value is -3.42. The molecule has 0 radical (unpaired) electrons. The van der Waals surface area contributed by atoms with Crippen molar-refractivity contribution in [1.82, 2.24) is 25.4 Å². The lowest BCUT2D eigenvalue weighted by molar-refractivity contribution is 0.240. The number of rotatable bonds is 8. The minimum atomic E-state index is -0.323. The van der Waals surface area contributed by atoms with Crippen LogP contribution in [0.25, 0.3) is 0 Å². The van der Waals surface area contributed by atoms with E-state index in [1.807, 2.05) is 23.0 Å². The first-order valence-corrected chi connectivity index (χ1v) is 8.56. The number of halogens is 1. The largest absolute Gasteiger partial charge is 0.439 e. The van der Waals surface area contributed by atoms with E-state index in [1.165, 1.54) is 24.3 Å². The summed E-state index contributed by atoms with van der Waals surface area (Å²) < 4.78 is 20.2. The Morgan fingerprint density at radius 2 is 2.00 bits per heavy atom. The average Bonchev–Trinajstić information content (AvgIpc) is 3.20. The van der Waals surface area contributed by atoms with Crippen LogP contribution in [0.4, 0.5) is 9.18 Å². The molecule has 2 aromatic heterocycles. The van der Waals surface area contributed by atoms with Gasteiger partial charge in [0.05, 0.1) is 0 Å². The van der Waals surface area contributed by atoms with E-state index in [2.05, 4.69) is 20.7 Å². The molecule has 8 heteroatoms. The minimum absolute atomic E-state index is 0.234. The Bertz CT molecular complexity index is 836. The number of hydrogen-bond donors (Lipinski definition) is 2. The molecule has 0 atom stereocenters. The summed E-state index contributed by atoms with van der Waals surface area (Å²) in [6.45, 7) is 1.68. The molecule has 140 valence electrons. The summed E-state index contributed by atoms with van der Waals surface area (Å²) in [4.78, 5) is 16.0. The normalized spacial score (nSPS) is 10.4. The van der Waals surface area contributed by atoms with Crippen LogP contribution in [0.3, 0.4) is 0 Å². The Balaban J connectivity index is 1.36. The van der Waals surface area contributed by atoms with E-state index in [1.54, 1.807) is 18.5 Å². The molecule has 7 nitrogen and oxygen atoms in total. The number of carbonyl (C=O) groups is 1. The van der Waals surface area contributed by atoms with Gasteiger partial charge in [-0.05, 0) is 42.3 Å². The molecule has 2 amide bonds. The Morgan fingerprint density at radius 1 is 1.15 bits per heavy atom. The van der Waals surface area contributed by atoms with Gasteiger partial charge in [-0.3, -0.25) is 4.68 Å². The van der Waals surface area contributed by atoms with Gasteiger partial charge in [0, 0.05) is 44.3 Å². The van der Waals surface area contributed by atoms with Crippen LogP contribution in [-0.2, 0) is 13.1 Å². The fraction of sp³-hybridized carbons (Fsp3) is 0.211. The monoisotopic (exact) mass is 369 g/mol. The van der Waals surface area contributed by atoms with Gasteiger partial charge in [0.2, 0.25) is 5.88 Å². The summed E-state index contributed by atoms with van der Waals surface area (Å²) in [5.41, 5.74) is 0.841. The molecule has 0 aliphatic carbocycles. The smallest absolute Gasteiger partial charge is 0.315 e. The first-order valence-electron chi connectivity index (χ1n) is 8.56. The van der Waals surface area contributed by atoms with Gasteiger partial charge in [0.25, 0.3) is 0 Å². The molecule has 2 N–H and O–H groups in total. The lowest BCUT2D eigenvalue weighted by atomic mass is 10.3. The van der Waals surface area contributed by atoms with Crippen LogP contribution < -0.4 is 15.4 Å². The molecule has 3 rings (SSSR count). The first-order chi connectivity index (χ1) is 13.2. The molecule has 0 bridgehead atoms. The standard InChI is InChI=1S/C19H20FN5O2/c20-16-4-6-17(7-5-16)27-18-8-3-15(13-22-18)14-23-19(26)21-9-1-11-25-12-2-10-24-25/h2-8,10,12-13H,1,9,11,14H2,(H2,21,23,26). The topological polar surface area (TPSA) is 81.1 Å². The van der Waals surface area contributed by atoms with Crippen LogP contribution in [0.15, 0.2) is 61.1 Å². The number of hydrogen-bond acceptors (Lipinski definition) is 4. The van der Waals surface area contributed by atoms with E-state index in [0.29, 0.717) is 24.7 Å². The Labute approximate surface area is 156 Å². The van der Waals surface area contributed by atoms with Crippen LogP contribution in [0.5, 0.6) is 11.6 Å². The zero-order chi connectivity index (χ0) is 18.9. The maximum Gasteiger partial charge on any atom is 0.315 e. The van der Waals surface area contributed by atoms with Crippen molar-refractivity contribution in [2.24, 2.45) is 0 Å². The van der Waals surface area contributed by atoms with Crippen LogP contribution >= 0.6 is 0 Å². The Kier molecular flexibility index (Phi) is 6.35. The van der Waals surface area contributed by atoms with Crippen molar-refractivity contribution in [3.63, 3.8) is 0 Å². The van der Waals surface area contributed by atoms with Gasteiger partial charge in [-0.15, -0.1) is 0 Å². The van der Waals surface area contributed by atoms with Crippen molar-refractivity contribution in [2.45, 2.75) is 19.5 Å². The molecule has 3 aromatic rings. The summed E-state index contributed by atoms with van der Waals surface area (Å²) in [6.07, 6.45) is 6.03. The average molecular weight is 369 g/mol. The fourth-order valence-corrected chi connectivity index (χ4v) is 2.32. The van der Waals surface area contributed by atoms with Crippen LogP contribution in [-0.4, -0.2) is 27.3 Å². The second kappa shape index (κ2) is 9.33. The number of amides is 2. The van der Waals surface area contributed by atoms with Gasteiger partial charge >= 0.3 is 6.03 Å². The Morgan fingerprint density at radius 3 is 2.70 bits per heavy atom. The summed E-state index contributed by atoms with van der Waals surface area (Å²) in [7, 11) is 0. The third-order valence-electron chi connectivity index (χ3n) is 3.70. The third kappa shape index (κ3) is 6.10. The predicted molar refractivity (Wildman–Crippen MR) is 97.8 cm³/mol. The highest BCUT2D eigenvalue weighted by molar-refractivity contribution is 5.73. The van der Waals surface area contributed by atoms with Crippen molar-refractivity contribution in [3.8, 4) is 11.6 Å². The highest BCUT2D eigenvalue weighted by atomic mass is 19.1. The SMILES string of the molecule is O=C(NCCCn1cccn1)NCc1ccc(Oc2ccc(F)cc2)nc1. The van der Waals surface area contributed by atoms with Gasteiger partial charge in [-0.1, -0.05) is 6.07 Å². The number of benzene rings is 1. The highest BCUT2D eigenvalue weighted by Gasteiger charge is 2.03. The van der Waals surface area contributed by atoms with Crippen LogP contribution in [0.2, 0.25) is 0 Å². The molecule has 0 saturated heterocycles. The van der Waals surface area contributed by atoms with E-state index in [-0.39, 0.29) is 11.8 Å². The van der Waals surface area contributed by atoms with Crippen LogP contribution in [0, 0.1) is 5.82 Å². The summed E-state index contributed by atoms with van der Waals surface area (Å²) in [5.74, 6) is 0.578. The molecule has 0 aliphatic heterocycles. The second-order valence-corrected chi connectivity index (χ2v) is 5.79. The van der Waals surface area contributed by atoms with E-state index in [9.17, 15) is 9.18 Å². The quantitative estimate of drug-likeness (QED) is 0.598. The van der Waals surface area contributed by atoms with Gasteiger partial charge in [0.1, 0.15) is 11.6 Å². The molecule has 1 aromatic carbocycles.